The Bertz CT molecular complexity index is 913. The summed E-state index contributed by atoms with van der Waals surface area (Å²) in [6.45, 7) is 5.00. The molecule has 8 nitrogen and oxygen atoms in total. The van der Waals surface area contributed by atoms with E-state index in [1.165, 1.54) is 0 Å². The molecule has 1 saturated heterocycles. The monoisotopic (exact) mass is 382 g/mol. The van der Waals surface area contributed by atoms with Crippen molar-refractivity contribution < 1.29 is 9.28 Å². The molecule has 1 atom stereocenters. The van der Waals surface area contributed by atoms with Crippen LogP contribution < -0.4 is 10.6 Å². The number of anilines is 1. The number of carbonyl (C=O) groups is 1. The van der Waals surface area contributed by atoms with Gasteiger partial charge in [0.05, 0.1) is 25.2 Å². The first-order valence-electron chi connectivity index (χ1n) is 9.83. The highest BCUT2D eigenvalue weighted by atomic mass is 16.2. The van der Waals surface area contributed by atoms with Crippen molar-refractivity contribution in [1.82, 2.24) is 25.1 Å². The van der Waals surface area contributed by atoms with Crippen LogP contribution >= 0.6 is 0 Å². The van der Waals surface area contributed by atoms with Gasteiger partial charge < -0.3 is 10.6 Å². The number of piperidine rings is 1. The molecule has 0 aromatic carbocycles. The number of aryl methyl sites for hydroxylation is 1. The number of hydrogen-bond donors (Lipinski definition) is 2. The van der Waals surface area contributed by atoms with Crippen molar-refractivity contribution in [1.29, 1.82) is 0 Å². The van der Waals surface area contributed by atoms with Gasteiger partial charge in [-0.25, -0.2) is 19.2 Å². The highest BCUT2D eigenvalue weighted by Crippen LogP contribution is 2.32. The molecule has 2 aliphatic rings. The first-order chi connectivity index (χ1) is 13.5. The molecule has 2 N–H and O–H groups in total. The third-order valence-electron chi connectivity index (χ3n) is 5.88. The summed E-state index contributed by atoms with van der Waals surface area (Å²) in [7, 11) is 3.91. The predicted molar refractivity (Wildman–Crippen MR) is 107 cm³/mol. The number of aromatic nitrogens is 4. The van der Waals surface area contributed by atoms with Gasteiger partial charge in [-0.1, -0.05) is 0 Å². The Kier molecular flexibility index (Phi) is 4.99. The first kappa shape index (κ1) is 18.8. The Morgan fingerprint density at radius 1 is 1.39 bits per heavy atom. The number of quaternary nitrogens is 1. The Balaban J connectivity index is 1.53. The van der Waals surface area contributed by atoms with Gasteiger partial charge in [0.15, 0.2) is 0 Å². The Labute approximate surface area is 165 Å². The maximum absolute atomic E-state index is 13.3. The quantitative estimate of drug-likeness (QED) is 0.783. The lowest BCUT2D eigenvalue weighted by atomic mass is 9.93. The van der Waals surface area contributed by atoms with E-state index in [0.29, 0.717) is 29.4 Å². The molecule has 4 rings (SSSR count). The van der Waals surface area contributed by atoms with Gasteiger partial charge in [-0.15, -0.1) is 0 Å². The number of rotatable bonds is 4. The Hall–Kier alpha value is -2.58. The fourth-order valence-corrected chi connectivity index (χ4v) is 4.00. The molecule has 2 aromatic rings. The lowest BCUT2D eigenvalue weighted by Crippen LogP contribution is -2.53. The largest absolute Gasteiger partial charge is 0.348 e. The second-order valence-corrected chi connectivity index (χ2v) is 7.93. The molecule has 1 unspecified atom stereocenters. The van der Waals surface area contributed by atoms with Crippen molar-refractivity contribution in [2.75, 3.05) is 25.5 Å². The van der Waals surface area contributed by atoms with Crippen LogP contribution in [0.4, 0.5) is 5.95 Å². The number of allylic oxidation sites excluding steroid dienone is 1. The lowest BCUT2D eigenvalue weighted by Gasteiger charge is -2.38. The SMILES string of the molecule is CC1=Cc2cnc(NCc3ccn(C)n3)nc2C[N+]1(C)C(=O)C1CCNCC1. The fraction of sp³-hybridized carbons (Fsp3) is 0.500. The number of carbonyl (C=O) groups excluding carboxylic acids is 1. The zero-order valence-electron chi connectivity index (χ0n) is 16.8. The van der Waals surface area contributed by atoms with Crippen molar-refractivity contribution in [2.45, 2.75) is 32.9 Å². The lowest BCUT2D eigenvalue weighted by molar-refractivity contribution is -0.812. The molecule has 0 saturated carbocycles. The topological polar surface area (TPSA) is 84.7 Å². The third kappa shape index (κ3) is 3.57. The van der Waals surface area contributed by atoms with E-state index in [4.69, 9.17) is 4.98 Å². The normalized spacial score (nSPS) is 22.5. The van der Waals surface area contributed by atoms with Crippen molar-refractivity contribution in [2.24, 2.45) is 13.0 Å². The molecule has 0 aliphatic carbocycles. The smallest absolute Gasteiger partial charge is 0.321 e. The summed E-state index contributed by atoms with van der Waals surface area (Å²) >= 11 is 0. The number of amides is 1. The molecule has 8 heteroatoms. The molecule has 2 aliphatic heterocycles. The third-order valence-corrected chi connectivity index (χ3v) is 5.88. The van der Waals surface area contributed by atoms with Gasteiger partial charge in [-0.2, -0.15) is 5.10 Å². The molecule has 2 aromatic heterocycles. The maximum Gasteiger partial charge on any atom is 0.321 e. The van der Waals surface area contributed by atoms with Crippen LogP contribution in [0.15, 0.2) is 24.2 Å². The first-order valence-corrected chi connectivity index (χ1v) is 9.83. The summed E-state index contributed by atoms with van der Waals surface area (Å²) in [6, 6.07) is 1.96. The molecule has 0 bridgehead atoms. The van der Waals surface area contributed by atoms with E-state index in [9.17, 15) is 4.79 Å². The minimum Gasteiger partial charge on any atom is -0.348 e. The zero-order valence-corrected chi connectivity index (χ0v) is 16.8. The molecular formula is C20H28N7O+. The van der Waals surface area contributed by atoms with Crippen LogP contribution in [-0.2, 0) is 24.9 Å². The maximum atomic E-state index is 13.3. The van der Waals surface area contributed by atoms with Crippen LogP contribution in [0, 0.1) is 5.92 Å². The molecule has 1 amide bonds. The number of nitrogens with zero attached hydrogens (tertiary/aromatic N) is 5. The van der Waals surface area contributed by atoms with Crippen molar-refractivity contribution >= 4 is 17.9 Å². The van der Waals surface area contributed by atoms with Crippen LogP contribution in [0.1, 0.15) is 36.7 Å². The minimum absolute atomic E-state index is 0.111. The second-order valence-electron chi connectivity index (χ2n) is 7.93. The second kappa shape index (κ2) is 7.44. The van der Waals surface area contributed by atoms with E-state index in [2.05, 4.69) is 26.8 Å². The Morgan fingerprint density at radius 2 is 2.18 bits per heavy atom. The fourth-order valence-electron chi connectivity index (χ4n) is 4.00. The summed E-state index contributed by atoms with van der Waals surface area (Å²) in [6.07, 6.45) is 7.62. The number of nitrogens with one attached hydrogen (secondary N) is 2. The van der Waals surface area contributed by atoms with Gasteiger partial charge in [0.2, 0.25) is 5.95 Å². The average Bonchev–Trinajstić information content (AvgIpc) is 3.12. The molecule has 28 heavy (non-hydrogen) atoms. The average molecular weight is 382 g/mol. The van der Waals surface area contributed by atoms with Gasteiger partial charge in [0, 0.05) is 38.0 Å². The van der Waals surface area contributed by atoms with Crippen LogP contribution in [0.5, 0.6) is 0 Å². The van der Waals surface area contributed by atoms with E-state index in [1.54, 1.807) is 4.68 Å². The minimum atomic E-state index is 0.111. The van der Waals surface area contributed by atoms with Crippen molar-refractivity contribution in [3.8, 4) is 0 Å². The molecule has 0 spiro atoms. The van der Waals surface area contributed by atoms with Gasteiger partial charge >= 0.3 is 5.91 Å². The molecule has 4 heterocycles. The molecular weight excluding hydrogens is 354 g/mol. The van der Waals surface area contributed by atoms with E-state index in [1.807, 2.05) is 39.5 Å². The molecule has 0 radical (unpaired) electrons. The predicted octanol–water partition coefficient (Wildman–Crippen LogP) is 1.67. The molecule has 1 fully saturated rings. The summed E-state index contributed by atoms with van der Waals surface area (Å²) < 4.78 is 2.07. The zero-order chi connectivity index (χ0) is 19.7. The van der Waals surface area contributed by atoms with Crippen molar-refractivity contribution in [3.05, 3.63) is 41.1 Å². The van der Waals surface area contributed by atoms with Crippen LogP contribution in [0.3, 0.4) is 0 Å². The van der Waals surface area contributed by atoms with Crippen molar-refractivity contribution in [3.63, 3.8) is 0 Å². The highest BCUT2D eigenvalue weighted by Gasteiger charge is 2.42. The summed E-state index contributed by atoms with van der Waals surface area (Å²) in [5.41, 5.74) is 3.89. The Morgan fingerprint density at radius 3 is 2.89 bits per heavy atom. The molecule has 148 valence electrons. The summed E-state index contributed by atoms with van der Waals surface area (Å²) in [4.78, 5) is 22.5. The number of fused-ring (bicyclic) bond motifs is 1. The van der Waals surface area contributed by atoms with Gasteiger partial charge in [-0.3, -0.25) is 4.68 Å². The summed E-state index contributed by atoms with van der Waals surface area (Å²) in [5, 5.41) is 10.9. The van der Waals surface area contributed by atoms with Gasteiger partial charge in [0.1, 0.15) is 17.9 Å². The highest BCUT2D eigenvalue weighted by molar-refractivity contribution is 5.75. The van der Waals surface area contributed by atoms with Gasteiger partial charge in [-0.05, 0) is 32.0 Å². The van der Waals surface area contributed by atoms with Gasteiger partial charge in [0.25, 0.3) is 0 Å². The van der Waals surface area contributed by atoms with E-state index in [-0.39, 0.29) is 5.92 Å². The van der Waals surface area contributed by atoms with Crippen LogP contribution in [-0.4, -0.2) is 50.3 Å². The van der Waals surface area contributed by atoms with E-state index < -0.39 is 0 Å². The van der Waals surface area contributed by atoms with Crippen LogP contribution in [0.2, 0.25) is 0 Å². The van der Waals surface area contributed by atoms with E-state index >= 15 is 0 Å². The summed E-state index contributed by atoms with van der Waals surface area (Å²) in [5.74, 6) is 0.973. The number of hydrogen-bond acceptors (Lipinski definition) is 6. The van der Waals surface area contributed by atoms with Crippen LogP contribution in [0.25, 0.3) is 6.08 Å². The standard InChI is InChI=1S/C20H28N7O/c1-14-10-16-11-22-20(23-12-17-6-9-26(2)25-17)24-18(16)13-27(14,3)19(28)15-4-7-21-8-5-15/h6,9-11,15,21H,4-5,7-8,12-13H2,1-3H3,(H,22,23,24)/q+1. The van der Waals surface area contributed by atoms with E-state index in [0.717, 1.165) is 48.6 Å².